The van der Waals surface area contributed by atoms with E-state index in [9.17, 15) is 4.79 Å². The Balaban J connectivity index is 1.50. The zero-order valence-corrected chi connectivity index (χ0v) is 20.7. The Labute approximate surface area is 202 Å². The van der Waals surface area contributed by atoms with Crippen molar-refractivity contribution in [3.63, 3.8) is 0 Å². The van der Waals surface area contributed by atoms with Crippen molar-refractivity contribution < 1.29 is 23.7 Å². The van der Waals surface area contributed by atoms with E-state index >= 15 is 0 Å². The van der Waals surface area contributed by atoms with Crippen LogP contribution in [0.1, 0.15) is 62.1 Å². The van der Waals surface area contributed by atoms with E-state index in [1.165, 1.54) is 11.1 Å². The summed E-state index contributed by atoms with van der Waals surface area (Å²) in [4.78, 5) is 12.0. The molecule has 1 fully saturated rings. The Bertz CT molecular complexity index is 963. The van der Waals surface area contributed by atoms with Gasteiger partial charge < -0.3 is 24.3 Å². The van der Waals surface area contributed by atoms with Crippen molar-refractivity contribution in [3.8, 4) is 11.5 Å². The van der Waals surface area contributed by atoms with Crippen molar-refractivity contribution in [2.24, 2.45) is 0 Å². The van der Waals surface area contributed by atoms with E-state index in [-0.39, 0.29) is 30.3 Å². The highest BCUT2D eigenvalue weighted by molar-refractivity contribution is 5.73. The molecule has 0 spiro atoms. The summed E-state index contributed by atoms with van der Waals surface area (Å²) in [5, 5.41) is 3.14. The van der Waals surface area contributed by atoms with E-state index in [4.69, 9.17) is 18.9 Å². The molecule has 2 aromatic carbocycles. The van der Waals surface area contributed by atoms with Gasteiger partial charge in [0.1, 0.15) is 17.6 Å². The smallest absolute Gasteiger partial charge is 0.217 e. The summed E-state index contributed by atoms with van der Waals surface area (Å²) in [6.45, 7) is 4.11. The lowest BCUT2D eigenvalue weighted by Gasteiger charge is -2.42. The molecular weight excluding hydrogens is 430 g/mol. The molecule has 1 heterocycles. The first kappa shape index (κ1) is 24.6. The zero-order chi connectivity index (χ0) is 24.1. The van der Waals surface area contributed by atoms with Gasteiger partial charge in [0.2, 0.25) is 5.91 Å². The first-order chi connectivity index (χ1) is 16.5. The van der Waals surface area contributed by atoms with Crippen LogP contribution in [-0.4, -0.2) is 44.5 Å². The molecule has 1 aliphatic heterocycles. The summed E-state index contributed by atoms with van der Waals surface area (Å²) in [5.74, 6) is 2.14. The summed E-state index contributed by atoms with van der Waals surface area (Å²) in [6.07, 6.45) is 4.49. The molecule has 0 radical (unpaired) electrons. The molecule has 1 N–H and O–H groups in total. The third-order valence-corrected chi connectivity index (χ3v) is 7.11. The Morgan fingerprint density at radius 3 is 2.53 bits per heavy atom. The number of hydrogen-bond donors (Lipinski definition) is 1. The molecule has 1 amide bonds. The summed E-state index contributed by atoms with van der Waals surface area (Å²) in [5.41, 5.74) is 3.62. The number of nitrogens with one attached hydrogen (secondary N) is 1. The molecule has 1 saturated heterocycles. The van der Waals surface area contributed by atoms with Crippen LogP contribution < -0.4 is 14.8 Å². The van der Waals surface area contributed by atoms with E-state index in [0.29, 0.717) is 12.5 Å². The molecule has 0 aromatic heterocycles. The van der Waals surface area contributed by atoms with Gasteiger partial charge in [-0.2, -0.15) is 0 Å². The topological polar surface area (TPSA) is 66.0 Å². The highest BCUT2D eigenvalue weighted by Gasteiger charge is 2.39. The SMILES string of the molecule is COc1ccc(OC)c2c1CCCC2C[C@@H]1C[C@@H](NC(C)=O)[C@@H](OCc2ccccc2)[C@@H](C)O1. The Morgan fingerprint density at radius 1 is 1.09 bits per heavy atom. The highest BCUT2D eigenvalue weighted by atomic mass is 16.6. The summed E-state index contributed by atoms with van der Waals surface area (Å²) in [6, 6.07) is 14.0. The summed E-state index contributed by atoms with van der Waals surface area (Å²) in [7, 11) is 3.46. The number of carbonyl (C=O) groups is 1. The Kier molecular flexibility index (Phi) is 8.11. The van der Waals surface area contributed by atoms with Gasteiger partial charge in [-0.05, 0) is 62.6 Å². The molecule has 0 bridgehead atoms. The third kappa shape index (κ3) is 5.56. The molecule has 1 unspecified atom stereocenters. The van der Waals surface area contributed by atoms with Crippen LogP contribution in [0.25, 0.3) is 0 Å². The maximum absolute atomic E-state index is 12.0. The minimum Gasteiger partial charge on any atom is -0.496 e. The predicted molar refractivity (Wildman–Crippen MR) is 131 cm³/mol. The van der Waals surface area contributed by atoms with E-state index in [2.05, 4.69) is 12.2 Å². The van der Waals surface area contributed by atoms with Gasteiger partial charge in [0.25, 0.3) is 0 Å². The monoisotopic (exact) mass is 467 g/mol. The van der Waals surface area contributed by atoms with Crippen LogP contribution in [0.3, 0.4) is 0 Å². The first-order valence-corrected chi connectivity index (χ1v) is 12.3. The van der Waals surface area contributed by atoms with E-state index in [0.717, 1.165) is 49.2 Å². The van der Waals surface area contributed by atoms with Crippen molar-refractivity contribution in [1.29, 1.82) is 0 Å². The lowest BCUT2D eigenvalue weighted by molar-refractivity contribution is -0.157. The molecule has 2 aliphatic rings. The fraction of sp³-hybridized carbons (Fsp3) is 0.536. The number of fused-ring (bicyclic) bond motifs is 1. The molecule has 0 saturated carbocycles. The Morgan fingerprint density at radius 2 is 1.82 bits per heavy atom. The van der Waals surface area contributed by atoms with Crippen LogP contribution >= 0.6 is 0 Å². The maximum Gasteiger partial charge on any atom is 0.217 e. The number of ether oxygens (including phenoxy) is 4. The first-order valence-electron chi connectivity index (χ1n) is 12.3. The second-order valence-corrected chi connectivity index (χ2v) is 9.45. The van der Waals surface area contributed by atoms with E-state index in [1.54, 1.807) is 21.1 Å². The second-order valence-electron chi connectivity index (χ2n) is 9.45. The standard InChI is InChI=1S/C28H37NO5/c1-18-28(33-17-20-9-6-5-7-10-20)24(29-19(2)30)16-22(34-18)15-21-11-8-12-23-25(31-3)13-14-26(32-4)27(21)23/h5-7,9-10,13-14,18,21-22,24,28H,8,11-12,15-17H2,1-4H3,(H,29,30)/t18-,21?,22-,24-,28+/m1/s1. The van der Waals surface area contributed by atoms with Crippen molar-refractivity contribution in [2.45, 2.75) is 82.8 Å². The number of hydrogen-bond acceptors (Lipinski definition) is 5. The van der Waals surface area contributed by atoms with Crippen LogP contribution in [0.2, 0.25) is 0 Å². The van der Waals surface area contributed by atoms with Crippen LogP contribution in [0, 0.1) is 0 Å². The number of benzene rings is 2. The third-order valence-electron chi connectivity index (χ3n) is 7.11. The maximum atomic E-state index is 12.0. The molecule has 5 atom stereocenters. The minimum absolute atomic E-state index is 0.0234. The molecular formula is C28H37NO5. The number of carbonyl (C=O) groups excluding carboxylic acids is 1. The van der Waals surface area contributed by atoms with Crippen molar-refractivity contribution in [3.05, 3.63) is 59.2 Å². The van der Waals surface area contributed by atoms with Crippen molar-refractivity contribution in [2.75, 3.05) is 14.2 Å². The van der Waals surface area contributed by atoms with E-state index < -0.39 is 0 Å². The molecule has 34 heavy (non-hydrogen) atoms. The van der Waals surface area contributed by atoms with Gasteiger partial charge in [-0.1, -0.05) is 30.3 Å². The van der Waals surface area contributed by atoms with Gasteiger partial charge in [-0.15, -0.1) is 0 Å². The lowest BCUT2D eigenvalue weighted by atomic mass is 9.77. The minimum atomic E-state index is -0.200. The lowest BCUT2D eigenvalue weighted by Crippen LogP contribution is -2.55. The summed E-state index contributed by atoms with van der Waals surface area (Å²) < 4.78 is 24.2. The largest absolute Gasteiger partial charge is 0.496 e. The van der Waals surface area contributed by atoms with E-state index in [1.807, 2.05) is 42.5 Å². The van der Waals surface area contributed by atoms with Gasteiger partial charge in [0.15, 0.2) is 0 Å². The zero-order valence-electron chi connectivity index (χ0n) is 20.7. The normalized spacial score (nSPS) is 26.4. The van der Waals surface area contributed by atoms with Crippen LogP contribution in [-0.2, 0) is 27.3 Å². The fourth-order valence-electron chi connectivity index (χ4n) is 5.67. The average molecular weight is 468 g/mol. The number of methoxy groups -OCH3 is 2. The Hall–Kier alpha value is -2.57. The second kappa shape index (κ2) is 11.2. The molecule has 184 valence electrons. The van der Waals surface area contributed by atoms with Crippen molar-refractivity contribution in [1.82, 2.24) is 5.32 Å². The number of amides is 1. The van der Waals surface area contributed by atoms with Gasteiger partial charge in [0, 0.05) is 18.1 Å². The van der Waals surface area contributed by atoms with Crippen LogP contribution in [0.5, 0.6) is 11.5 Å². The summed E-state index contributed by atoms with van der Waals surface area (Å²) >= 11 is 0. The van der Waals surface area contributed by atoms with Crippen LogP contribution in [0.15, 0.2) is 42.5 Å². The average Bonchev–Trinajstić information content (AvgIpc) is 2.83. The van der Waals surface area contributed by atoms with Gasteiger partial charge in [0.05, 0.1) is 39.1 Å². The van der Waals surface area contributed by atoms with Gasteiger partial charge >= 0.3 is 0 Å². The highest BCUT2D eigenvalue weighted by Crippen LogP contribution is 2.45. The molecule has 6 heteroatoms. The molecule has 6 nitrogen and oxygen atoms in total. The molecule has 1 aliphatic carbocycles. The van der Waals surface area contributed by atoms with Gasteiger partial charge in [-0.3, -0.25) is 4.79 Å². The fourth-order valence-corrected chi connectivity index (χ4v) is 5.67. The van der Waals surface area contributed by atoms with Crippen molar-refractivity contribution >= 4 is 5.91 Å². The van der Waals surface area contributed by atoms with Crippen LogP contribution in [0.4, 0.5) is 0 Å². The molecule has 4 rings (SSSR count). The predicted octanol–water partition coefficient (Wildman–Crippen LogP) is 4.78. The number of rotatable bonds is 8. The van der Waals surface area contributed by atoms with Gasteiger partial charge in [-0.25, -0.2) is 0 Å². The molecule has 2 aromatic rings. The quantitative estimate of drug-likeness (QED) is 0.605.